The molecule has 0 aliphatic carbocycles. The molecule has 17 heavy (non-hydrogen) atoms. The minimum atomic E-state index is 0. The van der Waals surface area contributed by atoms with Gasteiger partial charge < -0.3 is 60.2 Å². The van der Waals surface area contributed by atoms with Crippen molar-refractivity contribution >= 4 is 52.1 Å². The van der Waals surface area contributed by atoms with Crippen molar-refractivity contribution in [3.8, 4) is 0 Å². The first-order chi connectivity index (χ1) is 0. The van der Waals surface area contributed by atoms with Gasteiger partial charge in [-0.1, -0.05) is 0 Å². The zero-order valence-corrected chi connectivity index (χ0v) is 13.9. The Hall–Kier alpha value is 2.64. The Kier molecular flexibility index (Phi) is 48000. The molecule has 0 atom stereocenters. The van der Waals surface area contributed by atoms with Crippen LogP contribution in [0.15, 0.2) is 0 Å². The standard InChI is InChI=1S/3Al.3Ni.6H2O.5O/h;;;;;;6*1H2;;;;;/q3*+3;3*+2;;;;;;;5*-2/p-5. The van der Waals surface area contributed by atoms with Gasteiger partial charge in [-0.3, -0.25) is 0 Å². The first-order valence-electron chi connectivity index (χ1n) is 0. The van der Waals surface area contributed by atoms with Gasteiger partial charge in [0.1, 0.15) is 0 Å². The van der Waals surface area contributed by atoms with Crippen LogP contribution in [-0.2, 0) is 76.9 Å². The predicted molar refractivity (Wildman–Crippen MR) is 34.0 cm³/mol. The largest absolute Gasteiger partial charge is 3.00 e. The van der Waals surface area contributed by atoms with Gasteiger partial charge >= 0.3 is 102 Å². The van der Waals surface area contributed by atoms with Crippen molar-refractivity contribution in [2.24, 2.45) is 0 Å². The Balaban J connectivity index is 0. The zero-order valence-electron chi connectivity index (χ0n) is 7.46. The van der Waals surface area contributed by atoms with Crippen molar-refractivity contribution in [2.75, 3.05) is 0 Å². The van der Waals surface area contributed by atoms with Crippen molar-refractivity contribution in [3.63, 3.8) is 0 Å². The van der Waals surface area contributed by atoms with Crippen LogP contribution >= 0.6 is 0 Å². The summed E-state index contributed by atoms with van der Waals surface area (Å²) in [4.78, 5) is 0. The molecule has 112 valence electrons. The van der Waals surface area contributed by atoms with E-state index in [0.717, 1.165) is 0 Å². The number of hydrogen-bond acceptors (Lipinski definition) is 5. The van der Waals surface area contributed by atoms with Crippen LogP contribution in [0.5, 0.6) is 0 Å². The molecule has 0 rings (SSSR count). The summed E-state index contributed by atoms with van der Waals surface area (Å²) in [6.07, 6.45) is 0. The summed E-state index contributed by atoms with van der Waals surface area (Å²) in [5.74, 6) is 0. The third-order valence-corrected chi connectivity index (χ3v) is 0. The Morgan fingerprint density at radius 2 is 0.294 bits per heavy atom. The van der Waals surface area contributed by atoms with E-state index in [1.54, 1.807) is 0 Å². The third kappa shape index (κ3) is 741. The van der Waals surface area contributed by atoms with Crippen LogP contribution in [0, 0.1) is 0 Å². The topological polar surface area (TPSA) is 324 Å². The van der Waals surface area contributed by atoms with Crippen molar-refractivity contribution in [1.29, 1.82) is 0 Å². The van der Waals surface area contributed by atoms with E-state index in [4.69, 9.17) is 0 Å². The molecule has 0 aromatic carbocycles. The molecule has 7 N–H and O–H groups in total. The summed E-state index contributed by atoms with van der Waals surface area (Å²) in [5, 5.41) is 0. The van der Waals surface area contributed by atoms with E-state index < -0.39 is 0 Å². The van der Waals surface area contributed by atoms with Gasteiger partial charge in [-0.25, -0.2) is 0 Å². The van der Waals surface area contributed by atoms with E-state index in [2.05, 4.69) is 0 Å². The Morgan fingerprint density at radius 1 is 0.294 bits per heavy atom. The van der Waals surface area contributed by atoms with Gasteiger partial charge in [0, 0.05) is 0 Å². The Morgan fingerprint density at radius 3 is 0.294 bits per heavy atom. The maximum Gasteiger partial charge on any atom is 3.00 e. The fraction of sp³-hybridized carbons (Fsp3) is 0. The monoisotopic (exact) mass is 438 g/mol. The van der Waals surface area contributed by atoms with Crippen LogP contribution < -0.4 is 0 Å². The zero-order chi connectivity index (χ0) is 0. The first kappa shape index (κ1) is 980. The Bertz CT molecular complexity index is 21.9. The molecular weight excluding hydrogens is 433 g/mol. The molecule has 0 amide bonds. The molecule has 0 heterocycles. The maximum absolute atomic E-state index is 0. The van der Waals surface area contributed by atoms with Gasteiger partial charge in [0.2, 0.25) is 0 Å². The third-order valence-electron chi connectivity index (χ3n) is 0. The van der Waals surface area contributed by atoms with Crippen LogP contribution in [0.1, 0.15) is 0 Å². The molecule has 0 spiro atoms. The molecule has 0 aromatic heterocycles. The molecule has 0 radical (unpaired) electrons. The van der Waals surface area contributed by atoms with E-state index in [1.165, 1.54) is 0 Å². The molecule has 0 saturated carbocycles. The average Bonchev–Trinajstić information content (AvgIpc) is 0. The summed E-state index contributed by atoms with van der Waals surface area (Å²) >= 11 is 0. The molecule has 0 aliphatic rings. The fourth-order valence-corrected chi connectivity index (χ4v) is 0. The summed E-state index contributed by atoms with van der Waals surface area (Å²) in [5.41, 5.74) is 0. The maximum atomic E-state index is 0. The molecule has 0 bridgehead atoms. The fourth-order valence-electron chi connectivity index (χ4n) is 0. The smallest absolute Gasteiger partial charge is 2.00 e. The summed E-state index contributed by atoms with van der Waals surface area (Å²) in [6, 6.07) is 0. The Labute approximate surface area is 160 Å². The number of rotatable bonds is 0. The van der Waals surface area contributed by atoms with Gasteiger partial charge in [0.15, 0.2) is 0 Å². The van der Waals surface area contributed by atoms with Crippen molar-refractivity contribution in [2.45, 2.75) is 0 Å². The van der Waals surface area contributed by atoms with Crippen LogP contribution in [0.3, 0.4) is 0 Å². The van der Waals surface area contributed by atoms with E-state index in [-0.39, 0.29) is 162 Å². The van der Waals surface area contributed by atoms with E-state index in [0.29, 0.717) is 0 Å². The predicted octanol–water partition coefficient (Wildman–Crippen LogP) is -3.45. The molecule has 0 aliphatic heterocycles. The molecule has 17 heteroatoms. The molecule has 11 nitrogen and oxygen atoms in total. The van der Waals surface area contributed by atoms with Gasteiger partial charge in [0.05, 0.1) is 0 Å². The quantitative estimate of drug-likeness (QED) is 0.346. The summed E-state index contributed by atoms with van der Waals surface area (Å²) in [7, 11) is 0. The second kappa shape index (κ2) is 833. The average molecular weight is 440 g/mol. The van der Waals surface area contributed by atoms with Gasteiger partial charge in [-0.2, -0.15) is 0 Å². The van der Waals surface area contributed by atoms with E-state index >= 15 is 0 Å². The van der Waals surface area contributed by atoms with Crippen LogP contribution in [0.25, 0.3) is 0 Å². The minimum Gasteiger partial charge on any atom is -2.00 e. The number of hydrogen-bond donors (Lipinski definition) is 0. The van der Waals surface area contributed by atoms with Gasteiger partial charge in [0.25, 0.3) is 0 Å². The molecule has 0 aromatic rings. The normalized spacial score (nSPS) is 0. The van der Waals surface area contributed by atoms with Crippen molar-refractivity contribution < 1.29 is 110 Å². The summed E-state index contributed by atoms with van der Waals surface area (Å²) in [6.45, 7) is 0. The first-order valence-corrected chi connectivity index (χ1v) is 0. The van der Waals surface area contributed by atoms with E-state index in [1.807, 2.05) is 0 Å². The molecular formula is H7Al3Ni3O11. The van der Waals surface area contributed by atoms with Gasteiger partial charge in [-0.15, -0.1) is 0 Å². The minimum absolute atomic E-state index is 0. The molecule has 0 unspecified atom stereocenters. The SMILES string of the molecule is O.[Al+3].[Al+3].[Al+3].[Ni+2].[Ni+2].[Ni+2].[O-2].[O-2].[O-2].[O-2].[O-2].[OH-].[OH-].[OH-].[OH-].[OH-]. The van der Waals surface area contributed by atoms with Gasteiger partial charge in [-0.05, 0) is 0 Å². The molecule has 0 fully saturated rings. The van der Waals surface area contributed by atoms with Crippen molar-refractivity contribution in [3.05, 3.63) is 0 Å². The summed E-state index contributed by atoms with van der Waals surface area (Å²) < 4.78 is 0. The van der Waals surface area contributed by atoms with Crippen molar-refractivity contribution in [1.82, 2.24) is 0 Å². The van der Waals surface area contributed by atoms with Crippen LogP contribution in [0.4, 0.5) is 0 Å². The van der Waals surface area contributed by atoms with Crippen LogP contribution in [0.2, 0.25) is 0 Å². The second-order valence-electron chi connectivity index (χ2n) is 0. The van der Waals surface area contributed by atoms with Crippen LogP contribution in [-0.4, -0.2) is 84.9 Å². The second-order valence-corrected chi connectivity index (χ2v) is 0. The molecule has 0 saturated heterocycles. The van der Waals surface area contributed by atoms with E-state index in [9.17, 15) is 0 Å².